The third-order valence-electron chi connectivity index (χ3n) is 3.91. The number of hydrogen-bond donors (Lipinski definition) is 2. The van der Waals surface area contributed by atoms with E-state index in [1.165, 1.54) is 0 Å². The van der Waals surface area contributed by atoms with E-state index in [-0.39, 0.29) is 12.5 Å². The molecule has 0 saturated heterocycles. The number of aliphatic carboxylic acids is 1. The molecule has 4 nitrogen and oxygen atoms in total. The third kappa shape index (κ3) is 3.26. The zero-order valence-corrected chi connectivity index (χ0v) is 11.8. The number of carbonyl (C=O) groups is 1. The van der Waals surface area contributed by atoms with Crippen molar-refractivity contribution in [2.24, 2.45) is 5.73 Å². The molecule has 3 N–H and O–H groups in total. The molecule has 4 heteroatoms. The van der Waals surface area contributed by atoms with Crippen LogP contribution in [-0.2, 0) is 10.2 Å². The molecule has 0 aliphatic carbocycles. The van der Waals surface area contributed by atoms with Gasteiger partial charge < -0.3 is 15.6 Å². The number of hydrogen-bond acceptors (Lipinski definition) is 3. The minimum absolute atomic E-state index is 0.0465. The maximum absolute atomic E-state index is 11.2. The van der Waals surface area contributed by atoms with Crippen LogP contribution in [0.3, 0.4) is 0 Å². The van der Waals surface area contributed by atoms with Crippen LogP contribution < -0.4 is 10.5 Å². The molecular formula is C15H23NO3. The molecule has 2 atom stereocenters. The van der Waals surface area contributed by atoms with Crippen LogP contribution in [0.4, 0.5) is 0 Å². The molecule has 1 aromatic rings. The summed E-state index contributed by atoms with van der Waals surface area (Å²) in [5, 5.41) is 9.21. The smallest absolute Gasteiger partial charge is 0.304 e. The number of carboxylic acids is 1. The summed E-state index contributed by atoms with van der Waals surface area (Å²) >= 11 is 0. The van der Waals surface area contributed by atoms with Gasteiger partial charge in [-0.25, -0.2) is 0 Å². The zero-order valence-electron chi connectivity index (χ0n) is 11.8. The molecule has 1 rings (SSSR count). The molecule has 0 aliphatic rings. The molecule has 2 unspecified atom stereocenters. The minimum Gasteiger partial charge on any atom is -0.497 e. The van der Waals surface area contributed by atoms with Crippen LogP contribution in [0.1, 0.15) is 38.7 Å². The number of nitrogens with two attached hydrogens (primary N) is 1. The van der Waals surface area contributed by atoms with Gasteiger partial charge in [-0.2, -0.15) is 0 Å². The van der Waals surface area contributed by atoms with Crippen molar-refractivity contribution < 1.29 is 14.6 Å². The van der Waals surface area contributed by atoms with Gasteiger partial charge in [0.1, 0.15) is 5.75 Å². The maximum atomic E-state index is 11.2. The average Bonchev–Trinajstić information content (AvgIpc) is 2.43. The summed E-state index contributed by atoms with van der Waals surface area (Å²) in [5.41, 5.74) is 6.66. The lowest BCUT2D eigenvalue weighted by Gasteiger charge is -2.37. The number of ether oxygens (including phenoxy) is 1. The van der Waals surface area contributed by atoms with Gasteiger partial charge in [0.15, 0.2) is 0 Å². The Kier molecular flexibility index (Phi) is 5.36. The van der Waals surface area contributed by atoms with E-state index >= 15 is 0 Å². The van der Waals surface area contributed by atoms with Crippen molar-refractivity contribution in [1.82, 2.24) is 0 Å². The Labute approximate surface area is 114 Å². The Morgan fingerprint density at radius 3 is 2.32 bits per heavy atom. The lowest BCUT2D eigenvalue weighted by Crippen LogP contribution is -2.46. The van der Waals surface area contributed by atoms with Gasteiger partial charge in [0.05, 0.1) is 13.5 Å². The molecule has 0 heterocycles. The summed E-state index contributed by atoms with van der Waals surface area (Å²) in [7, 11) is 1.61. The lowest BCUT2D eigenvalue weighted by molar-refractivity contribution is -0.138. The molecule has 0 saturated carbocycles. The first kappa shape index (κ1) is 15.5. The number of rotatable bonds is 7. The van der Waals surface area contributed by atoms with Crippen LogP contribution in [-0.4, -0.2) is 24.2 Å². The predicted molar refractivity (Wildman–Crippen MR) is 75.5 cm³/mol. The van der Waals surface area contributed by atoms with Crippen LogP contribution in [0.25, 0.3) is 0 Å². The molecule has 1 aromatic carbocycles. The van der Waals surface area contributed by atoms with Crippen LogP contribution in [0.15, 0.2) is 24.3 Å². The van der Waals surface area contributed by atoms with Gasteiger partial charge in [-0.05, 0) is 30.5 Å². The van der Waals surface area contributed by atoms with Gasteiger partial charge in [0, 0.05) is 11.5 Å². The topological polar surface area (TPSA) is 72.6 Å². The van der Waals surface area contributed by atoms with Crippen molar-refractivity contribution in [2.45, 2.75) is 44.6 Å². The molecular weight excluding hydrogens is 242 g/mol. The number of methoxy groups -OCH3 is 1. The summed E-state index contributed by atoms with van der Waals surface area (Å²) in [6.07, 6.45) is 1.48. The third-order valence-corrected chi connectivity index (χ3v) is 3.91. The molecule has 106 valence electrons. The second kappa shape index (κ2) is 6.57. The highest BCUT2D eigenvalue weighted by Gasteiger charge is 2.38. The molecule has 0 bridgehead atoms. The second-order valence-electron chi connectivity index (χ2n) is 4.82. The molecule has 0 radical (unpaired) electrons. The van der Waals surface area contributed by atoms with Crippen molar-refractivity contribution in [3.8, 4) is 5.75 Å². The van der Waals surface area contributed by atoms with E-state index in [2.05, 4.69) is 0 Å². The van der Waals surface area contributed by atoms with Crippen LogP contribution in [0.5, 0.6) is 5.75 Å². The Bertz CT molecular complexity index is 416. The van der Waals surface area contributed by atoms with Crippen LogP contribution in [0.2, 0.25) is 0 Å². The summed E-state index contributed by atoms with van der Waals surface area (Å²) in [6.45, 7) is 3.98. The monoisotopic (exact) mass is 265 g/mol. The Hall–Kier alpha value is -1.55. The summed E-state index contributed by atoms with van der Waals surface area (Å²) in [4.78, 5) is 11.2. The van der Waals surface area contributed by atoms with E-state index in [9.17, 15) is 9.90 Å². The number of carboxylic acid groups (broad SMARTS) is 1. The highest BCUT2D eigenvalue weighted by atomic mass is 16.5. The summed E-state index contributed by atoms with van der Waals surface area (Å²) in [5.74, 6) is -0.0595. The Balaban J connectivity index is 3.22. The largest absolute Gasteiger partial charge is 0.497 e. The van der Waals surface area contributed by atoms with E-state index in [1.807, 2.05) is 38.1 Å². The van der Waals surface area contributed by atoms with E-state index in [4.69, 9.17) is 10.5 Å². The SMILES string of the molecule is CCC(N)C(CC)(CC(=O)O)c1ccc(OC)cc1. The van der Waals surface area contributed by atoms with Gasteiger partial charge >= 0.3 is 5.97 Å². The standard InChI is InChI=1S/C15H23NO3/c1-4-13(16)15(5-2,10-14(17)18)11-6-8-12(19-3)9-7-11/h6-9,13H,4-5,10,16H2,1-3H3,(H,17,18). The Morgan fingerprint density at radius 2 is 1.95 bits per heavy atom. The van der Waals surface area contributed by atoms with Gasteiger partial charge in [-0.1, -0.05) is 26.0 Å². The lowest BCUT2D eigenvalue weighted by atomic mass is 9.69. The van der Waals surface area contributed by atoms with Crippen molar-refractivity contribution in [3.63, 3.8) is 0 Å². The van der Waals surface area contributed by atoms with E-state index in [1.54, 1.807) is 7.11 Å². The number of benzene rings is 1. The van der Waals surface area contributed by atoms with Gasteiger partial charge in [-0.3, -0.25) is 4.79 Å². The van der Waals surface area contributed by atoms with E-state index in [0.717, 1.165) is 17.7 Å². The molecule has 0 aromatic heterocycles. The fraction of sp³-hybridized carbons (Fsp3) is 0.533. The Morgan fingerprint density at radius 1 is 1.37 bits per heavy atom. The van der Waals surface area contributed by atoms with E-state index < -0.39 is 11.4 Å². The van der Waals surface area contributed by atoms with Crippen LogP contribution in [0, 0.1) is 0 Å². The fourth-order valence-corrected chi connectivity index (χ4v) is 2.62. The highest BCUT2D eigenvalue weighted by Crippen LogP contribution is 2.36. The maximum Gasteiger partial charge on any atom is 0.304 e. The van der Waals surface area contributed by atoms with E-state index in [0.29, 0.717) is 6.42 Å². The van der Waals surface area contributed by atoms with Gasteiger partial charge in [-0.15, -0.1) is 0 Å². The highest BCUT2D eigenvalue weighted by molar-refractivity contribution is 5.69. The van der Waals surface area contributed by atoms with Crippen molar-refractivity contribution in [2.75, 3.05) is 7.11 Å². The first-order valence-electron chi connectivity index (χ1n) is 6.62. The normalized spacial score (nSPS) is 15.6. The molecule has 0 amide bonds. The predicted octanol–water partition coefficient (Wildman–Crippen LogP) is 2.56. The molecule has 19 heavy (non-hydrogen) atoms. The van der Waals surface area contributed by atoms with Crippen molar-refractivity contribution in [1.29, 1.82) is 0 Å². The van der Waals surface area contributed by atoms with Crippen molar-refractivity contribution in [3.05, 3.63) is 29.8 Å². The molecule has 0 fully saturated rings. The van der Waals surface area contributed by atoms with Crippen molar-refractivity contribution >= 4 is 5.97 Å². The second-order valence-corrected chi connectivity index (χ2v) is 4.82. The molecule has 0 aliphatic heterocycles. The zero-order chi connectivity index (χ0) is 14.5. The first-order chi connectivity index (χ1) is 9.00. The quantitative estimate of drug-likeness (QED) is 0.794. The minimum atomic E-state index is -0.818. The summed E-state index contributed by atoms with van der Waals surface area (Å²) in [6, 6.07) is 7.36. The van der Waals surface area contributed by atoms with Crippen LogP contribution >= 0.6 is 0 Å². The molecule has 0 spiro atoms. The summed E-state index contributed by atoms with van der Waals surface area (Å²) < 4.78 is 5.14. The van der Waals surface area contributed by atoms with Gasteiger partial charge in [0.2, 0.25) is 0 Å². The first-order valence-corrected chi connectivity index (χ1v) is 6.62. The average molecular weight is 265 g/mol. The van der Waals surface area contributed by atoms with Gasteiger partial charge in [0.25, 0.3) is 0 Å². The fourth-order valence-electron chi connectivity index (χ4n) is 2.62.